The van der Waals surface area contributed by atoms with E-state index in [2.05, 4.69) is 6.07 Å². The summed E-state index contributed by atoms with van der Waals surface area (Å²) in [6, 6.07) is 9.21. The van der Waals surface area contributed by atoms with Gasteiger partial charge in [0.05, 0.1) is 12.5 Å². The maximum Gasteiger partial charge on any atom is 0.344 e. The number of carbonyl (C=O) groups is 1. The van der Waals surface area contributed by atoms with Gasteiger partial charge in [-0.2, -0.15) is 5.26 Å². The van der Waals surface area contributed by atoms with Crippen LogP contribution in [0.5, 0.6) is 5.75 Å². The van der Waals surface area contributed by atoms with Crippen LogP contribution in [0.25, 0.3) is 0 Å². The third-order valence-corrected chi connectivity index (χ3v) is 2.01. The summed E-state index contributed by atoms with van der Waals surface area (Å²) in [5.41, 5.74) is 0.246. The summed E-state index contributed by atoms with van der Waals surface area (Å²) in [4.78, 5) is 11.5. The van der Waals surface area contributed by atoms with E-state index < -0.39 is 11.6 Å². The molecule has 4 heteroatoms. The third-order valence-electron chi connectivity index (χ3n) is 2.01. The van der Waals surface area contributed by atoms with E-state index in [0.717, 1.165) is 5.56 Å². The Kier molecular flexibility index (Phi) is 4.73. The average molecular weight is 247 g/mol. The molecule has 0 heterocycles. The van der Waals surface area contributed by atoms with Gasteiger partial charge in [-0.3, -0.25) is 0 Å². The van der Waals surface area contributed by atoms with Crippen LogP contribution in [0.4, 0.5) is 0 Å². The van der Waals surface area contributed by atoms with E-state index in [1.165, 1.54) is 0 Å². The van der Waals surface area contributed by atoms with Crippen molar-refractivity contribution in [1.29, 1.82) is 5.26 Å². The molecule has 0 aliphatic rings. The predicted octanol–water partition coefficient (Wildman–Crippen LogP) is 2.47. The number of benzene rings is 1. The molecule has 0 radical (unpaired) electrons. The van der Waals surface area contributed by atoms with Gasteiger partial charge in [0, 0.05) is 5.56 Å². The fraction of sp³-hybridized carbons (Fsp3) is 0.429. The maximum atomic E-state index is 11.5. The first-order valence-corrected chi connectivity index (χ1v) is 5.72. The standard InChI is InChI=1S/C14H17NO3/c1-14(2,3)18-13(16)10-17-12-7-5-4-6-11(12)8-9-15/h4-7H,8,10H2,1-3H3. The van der Waals surface area contributed by atoms with Crippen LogP contribution in [0.1, 0.15) is 26.3 Å². The van der Waals surface area contributed by atoms with Gasteiger partial charge in [-0.15, -0.1) is 0 Å². The zero-order valence-electron chi connectivity index (χ0n) is 10.9. The lowest BCUT2D eigenvalue weighted by molar-refractivity contribution is -0.157. The van der Waals surface area contributed by atoms with Crippen molar-refractivity contribution in [2.24, 2.45) is 0 Å². The summed E-state index contributed by atoms with van der Waals surface area (Å²) in [5.74, 6) is 0.124. The van der Waals surface area contributed by atoms with Crippen molar-refractivity contribution in [3.05, 3.63) is 29.8 Å². The minimum absolute atomic E-state index is 0.153. The highest BCUT2D eigenvalue weighted by atomic mass is 16.6. The van der Waals surface area contributed by atoms with Crippen LogP contribution in [0, 0.1) is 11.3 Å². The Morgan fingerprint density at radius 2 is 2.00 bits per heavy atom. The van der Waals surface area contributed by atoms with E-state index in [-0.39, 0.29) is 13.0 Å². The summed E-state index contributed by atoms with van der Waals surface area (Å²) < 4.78 is 10.5. The van der Waals surface area contributed by atoms with Gasteiger partial charge in [0.15, 0.2) is 6.61 Å². The monoisotopic (exact) mass is 247 g/mol. The van der Waals surface area contributed by atoms with E-state index in [1.54, 1.807) is 39.0 Å². The lowest BCUT2D eigenvalue weighted by atomic mass is 10.1. The molecule has 0 spiro atoms. The second kappa shape index (κ2) is 6.06. The lowest BCUT2D eigenvalue weighted by Gasteiger charge is -2.19. The number of ether oxygens (including phenoxy) is 2. The summed E-state index contributed by atoms with van der Waals surface area (Å²) in [6.07, 6.45) is 0.254. The molecule has 4 nitrogen and oxygen atoms in total. The van der Waals surface area contributed by atoms with Crippen molar-refractivity contribution >= 4 is 5.97 Å². The van der Waals surface area contributed by atoms with Crippen molar-refractivity contribution in [3.8, 4) is 11.8 Å². The number of nitriles is 1. The van der Waals surface area contributed by atoms with Crippen LogP contribution in [-0.4, -0.2) is 18.2 Å². The van der Waals surface area contributed by atoms with Crippen molar-refractivity contribution < 1.29 is 14.3 Å². The van der Waals surface area contributed by atoms with E-state index in [4.69, 9.17) is 14.7 Å². The van der Waals surface area contributed by atoms with Gasteiger partial charge < -0.3 is 9.47 Å². The number of hydrogen-bond acceptors (Lipinski definition) is 4. The van der Waals surface area contributed by atoms with Crippen LogP contribution in [0.3, 0.4) is 0 Å². The highest BCUT2D eigenvalue weighted by molar-refractivity contribution is 5.71. The van der Waals surface area contributed by atoms with Crippen molar-refractivity contribution in [3.63, 3.8) is 0 Å². The first kappa shape index (κ1) is 14.0. The number of esters is 1. The molecular formula is C14H17NO3. The van der Waals surface area contributed by atoms with Gasteiger partial charge in [-0.05, 0) is 26.8 Å². The maximum absolute atomic E-state index is 11.5. The number of carbonyl (C=O) groups excluding carboxylic acids is 1. The molecule has 0 N–H and O–H groups in total. The van der Waals surface area contributed by atoms with Crippen LogP contribution in [0.2, 0.25) is 0 Å². The molecule has 0 aliphatic heterocycles. The van der Waals surface area contributed by atoms with Crippen LogP contribution < -0.4 is 4.74 Å². The fourth-order valence-electron chi connectivity index (χ4n) is 1.38. The highest BCUT2D eigenvalue weighted by Crippen LogP contribution is 2.18. The Morgan fingerprint density at radius 3 is 2.61 bits per heavy atom. The topological polar surface area (TPSA) is 59.3 Å². The van der Waals surface area contributed by atoms with Crippen molar-refractivity contribution in [2.75, 3.05) is 6.61 Å². The van der Waals surface area contributed by atoms with E-state index in [9.17, 15) is 4.79 Å². The molecule has 1 aromatic rings. The van der Waals surface area contributed by atoms with E-state index in [0.29, 0.717) is 5.75 Å². The minimum Gasteiger partial charge on any atom is -0.482 e. The van der Waals surface area contributed by atoms with E-state index >= 15 is 0 Å². The molecule has 96 valence electrons. The first-order valence-electron chi connectivity index (χ1n) is 5.72. The van der Waals surface area contributed by atoms with Crippen LogP contribution >= 0.6 is 0 Å². The quantitative estimate of drug-likeness (QED) is 0.767. The molecule has 18 heavy (non-hydrogen) atoms. The zero-order valence-corrected chi connectivity index (χ0v) is 10.9. The molecule has 0 atom stereocenters. The van der Waals surface area contributed by atoms with Crippen LogP contribution in [0.15, 0.2) is 24.3 Å². The van der Waals surface area contributed by atoms with Gasteiger partial charge >= 0.3 is 5.97 Å². The summed E-state index contributed by atoms with van der Waals surface area (Å²) in [6.45, 7) is 5.25. The Morgan fingerprint density at radius 1 is 1.33 bits per heavy atom. The van der Waals surface area contributed by atoms with Gasteiger partial charge in [0.1, 0.15) is 11.4 Å². The summed E-state index contributed by atoms with van der Waals surface area (Å²) in [5, 5.41) is 8.68. The summed E-state index contributed by atoms with van der Waals surface area (Å²) >= 11 is 0. The van der Waals surface area contributed by atoms with Crippen molar-refractivity contribution in [1.82, 2.24) is 0 Å². The van der Waals surface area contributed by atoms with Gasteiger partial charge in [0.2, 0.25) is 0 Å². The fourth-order valence-corrected chi connectivity index (χ4v) is 1.38. The molecule has 0 saturated carbocycles. The average Bonchev–Trinajstić information content (AvgIpc) is 2.26. The molecular weight excluding hydrogens is 230 g/mol. The van der Waals surface area contributed by atoms with Gasteiger partial charge in [-0.1, -0.05) is 18.2 Å². The predicted molar refractivity (Wildman–Crippen MR) is 67.1 cm³/mol. The normalized spacial score (nSPS) is 10.6. The number of nitrogens with zero attached hydrogens (tertiary/aromatic N) is 1. The largest absolute Gasteiger partial charge is 0.482 e. The van der Waals surface area contributed by atoms with Crippen molar-refractivity contribution in [2.45, 2.75) is 32.8 Å². The Balaban J connectivity index is 2.59. The van der Waals surface area contributed by atoms with E-state index in [1.807, 2.05) is 6.07 Å². The Hall–Kier alpha value is -2.02. The lowest BCUT2D eigenvalue weighted by Crippen LogP contribution is -2.27. The second-order valence-corrected chi connectivity index (χ2v) is 4.82. The molecule has 1 aromatic carbocycles. The number of rotatable bonds is 4. The molecule has 0 aliphatic carbocycles. The second-order valence-electron chi connectivity index (χ2n) is 4.82. The third kappa shape index (κ3) is 4.88. The minimum atomic E-state index is -0.521. The Labute approximate surface area is 107 Å². The van der Waals surface area contributed by atoms with Gasteiger partial charge in [0.25, 0.3) is 0 Å². The molecule has 0 unspecified atom stereocenters. The SMILES string of the molecule is CC(C)(C)OC(=O)COc1ccccc1CC#N. The van der Waals surface area contributed by atoms with Gasteiger partial charge in [-0.25, -0.2) is 4.79 Å². The highest BCUT2D eigenvalue weighted by Gasteiger charge is 2.16. The Bertz CT molecular complexity index is 455. The first-order chi connectivity index (χ1) is 8.42. The zero-order chi connectivity index (χ0) is 13.6. The van der Waals surface area contributed by atoms with Crippen LogP contribution in [-0.2, 0) is 16.0 Å². The molecule has 1 rings (SSSR count). The number of hydrogen-bond donors (Lipinski definition) is 0. The molecule has 0 aromatic heterocycles. The molecule has 0 saturated heterocycles. The summed E-state index contributed by atoms with van der Waals surface area (Å²) in [7, 11) is 0. The molecule has 0 bridgehead atoms. The smallest absolute Gasteiger partial charge is 0.344 e. The molecule has 0 fully saturated rings. The number of para-hydroxylation sites is 1. The molecule has 0 amide bonds.